The van der Waals surface area contributed by atoms with Crippen molar-refractivity contribution in [3.8, 4) is 10.6 Å². The van der Waals surface area contributed by atoms with E-state index in [4.69, 9.17) is 0 Å². The summed E-state index contributed by atoms with van der Waals surface area (Å²) in [5.74, 6) is -0.0533. The summed E-state index contributed by atoms with van der Waals surface area (Å²) in [6, 6.07) is 14.4. The number of aromatic nitrogens is 1. The van der Waals surface area contributed by atoms with E-state index in [9.17, 15) is 22.8 Å². The Morgan fingerprint density at radius 2 is 1.53 bits per heavy atom. The summed E-state index contributed by atoms with van der Waals surface area (Å²) in [6.07, 6.45) is -4.39. The smallest absolute Gasteiger partial charge is 0.336 e. The molecule has 0 spiro atoms. The van der Waals surface area contributed by atoms with E-state index in [2.05, 4.69) is 9.88 Å². The molecular formula is C26H25F3N4O2S. The molecule has 0 N–H and O–H groups in total. The van der Waals surface area contributed by atoms with Gasteiger partial charge in [0.2, 0.25) is 0 Å². The number of benzene rings is 2. The predicted octanol–water partition coefficient (Wildman–Crippen LogP) is 4.42. The highest BCUT2D eigenvalue weighted by molar-refractivity contribution is 7.17. The Hall–Kier alpha value is -3.24. The van der Waals surface area contributed by atoms with E-state index in [0.717, 1.165) is 25.2 Å². The molecule has 2 amide bonds. The molecule has 5 rings (SSSR count). The van der Waals surface area contributed by atoms with Crippen LogP contribution in [0.1, 0.15) is 31.3 Å². The number of likely N-dealkylation sites (tertiary alicyclic amines) is 1. The maximum absolute atomic E-state index is 13.1. The Kier molecular flexibility index (Phi) is 6.57. The molecule has 36 heavy (non-hydrogen) atoms. The number of carbonyl (C=O) groups is 2. The summed E-state index contributed by atoms with van der Waals surface area (Å²) >= 11 is 1.21. The third kappa shape index (κ3) is 4.87. The van der Waals surface area contributed by atoms with Crippen molar-refractivity contribution < 1.29 is 22.8 Å². The van der Waals surface area contributed by atoms with Crippen LogP contribution in [0.3, 0.4) is 0 Å². The zero-order valence-electron chi connectivity index (χ0n) is 19.7. The second-order valence-corrected chi connectivity index (χ2v) is 10.1. The molecule has 3 aromatic rings. The number of amides is 2. The van der Waals surface area contributed by atoms with Gasteiger partial charge < -0.3 is 9.80 Å². The molecule has 3 heterocycles. The Morgan fingerprint density at radius 1 is 0.889 bits per heavy atom. The number of piperazine rings is 1. The highest BCUT2D eigenvalue weighted by atomic mass is 32.1. The minimum atomic E-state index is -4.39. The van der Waals surface area contributed by atoms with Crippen molar-refractivity contribution in [3.63, 3.8) is 0 Å². The van der Waals surface area contributed by atoms with E-state index in [-0.39, 0.29) is 17.9 Å². The zero-order valence-corrected chi connectivity index (χ0v) is 20.5. The molecule has 0 saturated carbocycles. The molecule has 1 aromatic heterocycles. The lowest BCUT2D eigenvalue weighted by atomic mass is 10.0. The maximum Gasteiger partial charge on any atom is 0.416 e. The Bertz CT molecular complexity index is 1250. The van der Waals surface area contributed by atoms with Crippen molar-refractivity contribution in [3.05, 3.63) is 76.3 Å². The number of thiazole rings is 1. The Balaban J connectivity index is 1.15. The number of hydrogen-bond donors (Lipinski definition) is 0. The largest absolute Gasteiger partial charge is 0.416 e. The highest BCUT2D eigenvalue weighted by Gasteiger charge is 2.38. The van der Waals surface area contributed by atoms with Gasteiger partial charge in [-0.05, 0) is 31.2 Å². The van der Waals surface area contributed by atoms with Gasteiger partial charge in [0.05, 0.1) is 11.3 Å². The van der Waals surface area contributed by atoms with Crippen molar-refractivity contribution >= 4 is 23.2 Å². The molecule has 2 aliphatic rings. The van der Waals surface area contributed by atoms with Gasteiger partial charge in [0.25, 0.3) is 11.8 Å². The minimum absolute atomic E-state index is 0.0465. The number of carbonyl (C=O) groups excluding carboxylic acids is 2. The van der Waals surface area contributed by atoms with Crippen LogP contribution in [0, 0.1) is 6.92 Å². The van der Waals surface area contributed by atoms with E-state index in [1.165, 1.54) is 23.5 Å². The zero-order chi connectivity index (χ0) is 25.4. The van der Waals surface area contributed by atoms with E-state index in [1.807, 2.05) is 35.2 Å². The predicted molar refractivity (Wildman–Crippen MR) is 131 cm³/mol. The molecule has 0 atom stereocenters. The van der Waals surface area contributed by atoms with Crippen LogP contribution in [0.5, 0.6) is 0 Å². The van der Waals surface area contributed by atoms with Gasteiger partial charge in [-0.3, -0.25) is 14.5 Å². The summed E-state index contributed by atoms with van der Waals surface area (Å²) in [4.78, 5) is 36.7. The van der Waals surface area contributed by atoms with Crippen molar-refractivity contribution in [1.29, 1.82) is 0 Å². The Labute approximate surface area is 211 Å². The fourth-order valence-corrected chi connectivity index (χ4v) is 5.61. The van der Waals surface area contributed by atoms with Crippen LogP contribution in [0.15, 0.2) is 54.6 Å². The number of aryl methyl sites for hydroxylation is 1. The summed E-state index contributed by atoms with van der Waals surface area (Å²) in [6.45, 7) is 5.81. The summed E-state index contributed by atoms with van der Waals surface area (Å²) in [5.41, 5.74) is 1.12. The summed E-state index contributed by atoms with van der Waals surface area (Å²) in [7, 11) is 0. The second-order valence-electron chi connectivity index (χ2n) is 9.07. The molecule has 6 nitrogen and oxygen atoms in total. The van der Waals surface area contributed by atoms with Crippen LogP contribution in [0.4, 0.5) is 13.2 Å². The molecule has 188 valence electrons. The number of nitrogens with zero attached hydrogens (tertiary/aromatic N) is 4. The Morgan fingerprint density at radius 3 is 2.14 bits per heavy atom. The normalized spacial score (nSPS) is 17.2. The average Bonchev–Trinajstić information content (AvgIpc) is 3.25. The van der Waals surface area contributed by atoms with E-state index < -0.39 is 11.7 Å². The summed E-state index contributed by atoms with van der Waals surface area (Å²) < 4.78 is 38.5. The minimum Gasteiger partial charge on any atom is -0.336 e. The molecule has 0 unspecified atom stereocenters. The van der Waals surface area contributed by atoms with Crippen molar-refractivity contribution in [2.75, 3.05) is 39.3 Å². The first-order chi connectivity index (χ1) is 17.2. The highest BCUT2D eigenvalue weighted by Crippen LogP contribution is 2.34. The van der Waals surface area contributed by atoms with Crippen LogP contribution in [0.2, 0.25) is 0 Å². The second kappa shape index (κ2) is 9.67. The lowest BCUT2D eigenvalue weighted by molar-refractivity contribution is -0.137. The van der Waals surface area contributed by atoms with Crippen LogP contribution in [-0.4, -0.2) is 76.8 Å². The number of alkyl halides is 3. The average molecular weight is 515 g/mol. The van der Waals surface area contributed by atoms with Crippen LogP contribution < -0.4 is 0 Å². The molecule has 2 aromatic carbocycles. The molecule has 0 bridgehead atoms. The van der Waals surface area contributed by atoms with Crippen LogP contribution >= 0.6 is 11.3 Å². The molecule has 0 aliphatic carbocycles. The number of halogens is 3. The van der Waals surface area contributed by atoms with Gasteiger partial charge in [-0.25, -0.2) is 4.98 Å². The van der Waals surface area contributed by atoms with Crippen molar-refractivity contribution in [2.24, 2.45) is 0 Å². The topological polar surface area (TPSA) is 56.8 Å². The van der Waals surface area contributed by atoms with Gasteiger partial charge in [-0.2, -0.15) is 13.2 Å². The van der Waals surface area contributed by atoms with Gasteiger partial charge in [0, 0.05) is 56.4 Å². The SMILES string of the molecule is Cc1nc(-c2ccc(C(F)(F)F)cc2)sc1C(=O)N1CC(N2CCN(C(=O)c3ccccc3)CC2)C1. The monoisotopic (exact) mass is 514 g/mol. The fraction of sp³-hybridized carbons (Fsp3) is 0.346. The number of hydrogen-bond acceptors (Lipinski definition) is 5. The van der Waals surface area contributed by atoms with Gasteiger partial charge in [-0.1, -0.05) is 30.3 Å². The first-order valence-electron chi connectivity index (χ1n) is 11.7. The van der Waals surface area contributed by atoms with Crippen LogP contribution in [0.25, 0.3) is 10.6 Å². The first-order valence-corrected chi connectivity index (χ1v) is 12.5. The lowest BCUT2D eigenvalue weighted by Crippen LogP contribution is -2.64. The molecule has 2 aliphatic heterocycles. The van der Waals surface area contributed by atoms with Gasteiger partial charge >= 0.3 is 6.18 Å². The van der Waals surface area contributed by atoms with Gasteiger partial charge in [0.15, 0.2) is 0 Å². The van der Waals surface area contributed by atoms with E-state index in [1.54, 1.807) is 11.8 Å². The van der Waals surface area contributed by atoms with E-state index >= 15 is 0 Å². The number of rotatable bonds is 4. The quantitative estimate of drug-likeness (QED) is 0.517. The van der Waals surface area contributed by atoms with Crippen molar-refractivity contribution in [2.45, 2.75) is 19.1 Å². The van der Waals surface area contributed by atoms with Crippen LogP contribution in [-0.2, 0) is 6.18 Å². The lowest BCUT2D eigenvalue weighted by Gasteiger charge is -2.48. The molecule has 10 heteroatoms. The third-order valence-corrected chi connectivity index (χ3v) is 7.93. The first kappa shape index (κ1) is 24.5. The molecular weight excluding hydrogens is 489 g/mol. The molecule has 0 radical (unpaired) electrons. The van der Waals surface area contributed by atoms with E-state index in [0.29, 0.717) is 52.9 Å². The maximum atomic E-state index is 13.1. The third-order valence-electron chi connectivity index (χ3n) is 6.74. The van der Waals surface area contributed by atoms with Gasteiger partial charge in [-0.15, -0.1) is 11.3 Å². The van der Waals surface area contributed by atoms with Gasteiger partial charge in [0.1, 0.15) is 9.88 Å². The summed E-state index contributed by atoms with van der Waals surface area (Å²) in [5, 5.41) is 0.529. The standard InChI is InChI=1S/C26H25F3N4O2S/c1-17-22(36-23(30-17)18-7-9-20(10-8-18)26(27,28)29)25(35)33-15-21(16-33)31-11-13-32(14-12-31)24(34)19-5-3-2-4-6-19/h2-10,21H,11-16H2,1H3. The van der Waals surface area contributed by atoms with Crippen molar-refractivity contribution in [1.82, 2.24) is 19.7 Å². The molecule has 2 fully saturated rings. The fourth-order valence-electron chi connectivity index (χ4n) is 4.57. The molecule has 2 saturated heterocycles.